The fraction of sp³-hybridized carbons (Fsp3) is 0.333. The van der Waals surface area contributed by atoms with E-state index in [1.54, 1.807) is 51.3 Å². The smallest absolute Gasteiger partial charge is 0.351 e. The molecule has 43 heavy (non-hydrogen) atoms. The Balaban J connectivity index is 1.95. The molecule has 0 spiro atoms. The number of aliphatic imine (C=N–C) groups is 2. The molecule has 3 amide bonds. The Labute approximate surface area is 250 Å². The van der Waals surface area contributed by atoms with Gasteiger partial charge in [0, 0.05) is 24.9 Å². The number of dihydropyridines is 1. The Bertz CT molecular complexity index is 1460. The lowest BCUT2D eigenvalue weighted by atomic mass is 9.97. The maximum atomic E-state index is 14.1. The van der Waals surface area contributed by atoms with Crippen LogP contribution in [-0.2, 0) is 11.3 Å². The summed E-state index contributed by atoms with van der Waals surface area (Å²) in [7, 11) is 2.33. The first kappa shape index (κ1) is 33.5. The van der Waals surface area contributed by atoms with E-state index in [0.29, 0.717) is 58.5 Å². The molecule has 2 unspecified atom stereocenters. The van der Waals surface area contributed by atoms with Crippen molar-refractivity contribution >= 4 is 38.7 Å². The highest BCUT2D eigenvalue weighted by Crippen LogP contribution is 2.23. The Hall–Kier alpha value is -4.05. The van der Waals surface area contributed by atoms with Crippen molar-refractivity contribution in [2.75, 3.05) is 6.54 Å². The first-order chi connectivity index (χ1) is 20.4. The number of allylic oxidation sites excluding steroid dienone is 6. The molecule has 1 aromatic rings. The minimum Gasteiger partial charge on any atom is -0.385 e. The molecule has 1 aliphatic carbocycles. The maximum Gasteiger partial charge on any atom is 0.351 e. The van der Waals surface area contributed by atoms with Gasteiger partial charge in [-0.1, -0.05) is 18.6 Å². The van der Waals surface area contributed by atoms with Gasteiger partial charge in [0.25, 0.3) is 0 Å². The summed E-state index contributed by atoms with van der Waals surface area (Å²) in [6, 6.07) is 0.691. The van der Waals surface area contributed by atoms with E-state index < -0.39 is 30.1 Å². The summed E-state index contributed by atoms with van der Waals surface area (Å²) >= 11 is 0. The van der Waals surface area contributed by atoms with Crippen LogP contribution in [0, 0.1) is 11.6 Å². The molecule has 0 fully saturated rings. The van der Waals surface area contributed by atoms with Crippen LogP contribution in [0.15, 0.2) is 80.7 Å². The van der Waals surface area contributed by atoms with Crippen molar-refractivity contribution in [3.8, 4) is 0 Å². The second kappa shape index (κ2) is 15.4. The van der Waals surface area contributed by atoms with Crippen LogP contribution < -0.4 is 21.3 Å². The molecule has 1 aromatic carbocycles. The van der Waals surface area contributed by atoms with Crippen LogP contribution in [0.5, 0.6) is 0 Å². The average molecular weight is 619 g/mol. The SMILES string of the molecule is C/C=C1/C=C(N/C(=N/C(=O)N(Cc2cc(F)c(F)cc2P)C2=CNCC(C)=C2)NC=O)C(C)=C/C1=N/C(CC)CC(F)F. The number of rotatable bonds is 9. The molecule has 0 saturated carbocycles. The molecule has 2 aliphatic rings. The lowest BCUT2D eigenvalue weighted by Crippen LogP contribution is -2.40. The molecule has 8 nitrogen and oxygen atoms in total. The van der Waals surface area contributed by atoms with Crippen molar-refractivity contribution in [1.29, 1.82) is 0 Å². The lowest BCUT2D eigenvalue weighted by Gasteiger charge is -2.26. The van der Waals surface area contributed by atoms with Gasteiger partial charge in [-0.05, 0) is 79.6 Å². The number of halogens is 4. The first-order valence-electron chi connectivity index (χ1n) is 13.6. The minimum atomic E-state index is -2.47. The van der Waals surface area contributed by atoms with E-state index in [4.69, 9.17) is 0 Å². The van der Waals surface area contributed by atoms with Gasteiger partial charge in [-0.2, -0.15) is 4.99 Å². The number of carbonyl (C=O) groups excluding carboxylic acids is 2. The fourth-order valence-electron chi connectivity index (χ4n) is 4.33. The van der Waals surface area contributed by atoms with Gasteiger partial charge in [0.15, 0.2) is 11.6 Å². The molecule has 3 rings (SSSR count). The second-order valence-corrected chi connectivity index (χ2v) is 10.6. The van der Waals surface area contributed by atoms with Crippen LogP contribution in [0.2, 0.25) is 0 Å². The van der Waals surface area contributed by atoms with Crippen LogP contribution in [-0.4, -0.2) is 48.0 Å². The molecule has 2 atom stereocenters. The zero-order valence-corrected chi connectivity index (χ0v) is 25.5. The number of urea groups is 1. The third-order valence-corrected chi connectivity index (χ3v) is 7.20. The summed E-state index contributed by atoms with van der Waals surface area (Å²) in [6.45, 7) is 7.62. The molecule has 230 valence electrons. The molecule has 1 heterocycles. The summed E-state index contributed by atoms with van der Waals surface area (Å²) < 4.78 is 53.8. The first-order valence-corrected chi connectivity index (χ1v) is 14.2. The number of nitrogens with zero attached hydrogens (tertiary/aromatic N) is 3. The van der Waals surface area contributed by atoms with E-state index in [0.717, 1.165) is 17.7 Å². The van der Waals surface area contributed by atoms with Gasteiger partial charge in [0.1, 0.15) is 0 Å². The molecule has 0 radical (unpaired) electrons. The number of hydrogen-bond donors (Lipinski definition) is 3. The second-order valence-electron chi connectivity index (χ2n) is 9.95. The molecule has 1 aliphatic heterocycles. The highest BCUT2D eigenvalue weighted by atomic mass is 31.0. The van der Waals surface area contributed by atoms with Gasteiger partial charge >= 0.3 is 6.03 Å². The maximum absolute atomic E-state index is 14.1. The monoisotopic (exact) mass is 618 g/mol. The van der Waals surface area contributed by atoms with Gasteiger partial charge < -0.3 is 10.6 Å². The molecular weight excluding hydrogens is 583 g/mol. The molecule has 0 saturated heterocycles. The zero-order valence-electron chi connectivity index (χ0n) is 24.3. The van der Waals surface area contributed by atoms with E-state index in [1.165, 1.54) is 4.90 Å². The van der Waals surface area contributed by atoms with Gasteiger partial charge in [0.05, 0.1) is 24.0 Å². The molecule has 13 heteroatoms. The van der Waals surface area contributed by atoms with Crippen molar-refractivity contribution in [1.82, 2.24) is 20.9 Å². The van der Waals surface area contributed by atoms with Crippen LogP contribution in [0.4, 0.5) is 22.4 Å². The number of amides is 3. The summed E-state index contributed by atoms with van der Waals surface area (Å²) in [5, 5.41) is 8.76. The van der Waals surface area contributed by atoms with Gasteiger partial charge in [-0.3, -0.25) is 20.0 Å². The fourth-order valence-corrected chi connectivity index (χ4v) is 4.65. The van der Waals surface area contributed by atoms with Crippen molar-refractivity contribution in [3.63, 3.8) is 0 Å². The van der Waals surface area contributed by atoms with Crippen molar-refractivity contribution < 1.29 is 27.2 Å². The number of alkyl halides is 2. The molecule has 0 bridgehead atoms. The van der Waals surface area contributed by atoms with Crippen molar-refractivity contribution in [2.45, 2.75) is 59.5 Å². The van der Waals surface area contributed by atoms with E-state index in [2.05, 4.69) is 35.2 Å². The lowest BCUT2D eigenvalue weighted by molar-refractivity contribution is -0.108. The van der Waals surface area contributed by atoms with Crippen LogP contribution in [0.3, 0.4) is 0 Å². The van der Waals surface area contributed by atoms with Gasteiger partial charge in [-0.25, -0.2) is 22.4 Å². The number of guanidine groups is 1. The zero-order chi connectivity index (χ0) is 31.7. The summed E-state index contributed by atoms with van der Waals surface area (Å²) in [4.78, 5) is 34.9. The predicted octanol–water partition coefficient (Wildman–Crippen LogP) is 5.13. The van der Waals surface area contributed by atoms with Crippen molar-refractivity contribution in [2.24, 2.45) is 9.98 Å². The largest absolute Gasteiger partial charge is 0.385 e. The normalized spacial score (nSPS) is 18.0. The van der Waals surface area contributed by atoms with E-state index in [1.807, 2.05) is 6.92 Å². The topological polar surface area (TPSA) is 98.2 Å². The van der Waals surface area contributed by atoms with Gasteiger partial charge in [-0.15, -0.1) is 9.24 Å². The molecule has 3 N–H and O–H groups in total. The van der Waals surface area contributed by atoms with Crippen LogP contribution >= 0.6 is 9.24 Å². The average Bonchev–Trinajstić information content (AvgIpc) is 2.94. The highest BCUT2D eigenvalue weighted by Gasteiger charge is 2.23. The number of hydrogen-bond acceptors (Lipinski definition) is 4. The predicted molar refractivity (Wildman–Crippen MR) is 164 cm³/mol. The van der Waals surface area contributed by atoms with E-state index in [-0.39, 0.29) is 18.9 Å². The van der Waals surface area contributed by atoms with E-state index in [9.17, 15) is 27.2 Å². The van der Waals surface area contributed by atoms with Crippen LogP contribution in [0.25, 0.3) is 0 Å². The minimum absolute atomic E-state index is 0.147. The quantitative estimate of drug-likeness (QED) is 0.118. The molecular formula is C30H35F4N6O2P. The Kier molecular flexibility index (Phi) is 12.0. The number of benzene rings is 1. The highest BCUT2D eigenvalue weighted by molar-refractivity contribution is 7.27. The van der Waals surface area contributed by atoms with E-state index >= 15 is 0 Å². The summed E-state index contributed by atoms with van der Waals surface area (Å²) in [5.41, 5.74) is 4.03. The third-order valence-electron chi connectivity index (χ3n) is 6.66. The number of nitrogens with one attached hydrogen (secondary N) is 3. The molecule has 0 aromatic heterocycles. The standard InChI is InChI=1S/C30H35F4N6O2P/c1-5-19-10-25(18(4)8-26(19)37-21(6-2)11-28(33)34)38-29(36-16-41)39-30(42)40(22-7-17(3)13-35-14-22)15-20-9-23(31)24(32)12-27(20)43/h5,7-10,12,14,16,21,28,35H,6,11,13,15,43H2,1-4H3,(H2,36,38,39,41,42)/b19-5-,37-26-. The van der Waals surface area contributed by atoms with Crippen molar-refractivity contribution in [3.05, 3.63) is 87.9 Å². The summed E-state index contributed by atoms with van der Waals surface area (Å²) in [5.74, 6) is -2.26. The van der Waals surface area contributed by atoms with Crippen LogP contribution in [0.1, 0.15) is 46.1 Å². The Morgan fingerprint density at radius 1 is 1.19 bits per heavy atom. The van der Waals surface area contributed by atoms with Gasteiger partial charge in [0.2, 0.25) is 18.8 Å². The Morgan fingerprint density at radius 2 is 1.91 bits per heavy atom. The Morgan fingerprint density at radius 3 is 2.53 bits per heavy atom. The summed E-state index contributed by atoms with van der Waals surface area (Å²) in [6.07, 6.45) is 6.58. The number of carbonyl (C=O) groups is 2. The third kappa shape index (κ3) is 9.22.